The Morgan fingerprint density at radius 1 is 1.47 bits per heavy atom. The Hall–Kier alpha value is -1.86. The Morgan fingerprint density at radius 3 is 3.06 bits per heavy atom. The molecule has 86 valence electrons. The first-order chi connectivity index (χ1) is 8.36. The SMILES string of the molecule is [C-]#[N+]c1cnc2[nH]cc(CCN3CCC3)c2c1. The van der Waals surface area contributed by atoms with Crippen molar-refractivity contribution in [2.45, 2.75) is 12.8 Å². The molecule has 0 bridgehead atoms. The van der Waals surface area contributed by atoms with Crippen LogP contribution < -0.4 is 0 Å². The van der Waals surface area contributed by atoms with Gasteiger partial charge in [0.05, 0.1) is 6.57 Å². The van der Waals surface area contributed by atoms with Crippen molar-refractivity contribution in [2.24, 2.45) is 0 Å². The van der Waals surface area contributed by atoms with Crippen molar-refractivity contribution in [2.75, 3.05) is 19.6 Å². The van der Waals surface area contributed by atoms with Crippen molar-refractivity contribution in [3.63, 3.8) is 0 Å². The van der Waals surface area contributed by atoms with Crippen molar-refractivity contribution in [1.82, 2.24) is 14.9 Å². The van der Waals surface area contributed by atoms with Gasteiger partial charge in [-0.05, 0) is 37.6 Å². The molecule has 1 aliphatic rings. The predicted molar refractivity (Wildman–Crippen MR) is 67.1 cm³/mol. The molecule has 4 heteroatoms. The highest BCUT2D eigenvalue weighted by Gasteiger charge is 2.14. The van der Waals surface area contributed by atoms with Gasteiger partial charge in [0, 0.05) is 24.3 Å². The molecule has 0 saturated carbocycles. The molecule has 1 fully saturated rings. The summed E-state index contributed by atoms with van der Waals surface area (Å²) in [5.41, 5.74) is 2.77. The van der Waals surface area contributed by atoms with E-state index in [1.54, 1.807) is 6.20 Å². The average molecular weight is 226 g/mol. The molecule has 0 spiro atoms. The summed E-state index contributed by atoms with van der Waals surface area (Å²) in [6, 6.07) is 1.93. The normalized spacial score (nSPS) is 15.7. The molecule has 0 radical (unpaired) electrons. The highest BCUT2D eigenvalue weighted by atomic mass is 15.2. The largest absolute Gasteiger partial charge is 0.346 e. The first-order valence-electron chi connectivity index (χ1n) is 5.92. The van der Waals surface area contributed by atoms with Crippen LogP contribution in [-0.4, -0.2) is 34.5 Å². The summed E-state index contributed by atoms with van der Waals surface area (Å²) >= 11 is 0. The molecule has 1 aliphatic heterocycles. The number of hydrogen-bond donors (Lipinski definition) is 1. The highest BCUT2D eigenvalue weighted by Crippen LogP contribution is 2.22. The minimum atomic E-state index is 0.613. The van der Waals surface area contributed by atoms with Crippen LogP contribution in [0, 0.1) is 6.57 Å². The lowest BCUT2D eigenvalue weighted by atomic mass is 10.1. The molecule has 1 saturated heterocycles. The maximum Gasteiger partial charge on any atom is 0.205 e. The van der Waals surface area contributed by atoms with Gasteiger partial charge in [-0.3, -0.25) is 4.98 Å². The van der Waals surface area contributed by atoms with E-state index in [4.69, 9.17) is 6.57 Å². The summed E-state index contributed by atoms with van der Waals surface area (Å²) in [4.78, 5) is 13.3. The van der Waals surface area contributed by atoms with E-state index in [9.17, 15) is 0 Å². The van der Waals surface area contributed by atoms with Gasteiger partial charge < -0.3 is 9.88 Å². The zero-order chi connectivity index (χ0) is 11.7. The number of fused-ring (bicyclic) bond motifs is 1. The van der Waals surface area contributed by atoms with Gasteiger partial charge >= 0.3 is 0 Å². The van der Waals surface area contributed by atoms with Gasteiger partial charge in [-0.15, -0.1) is 0 Å². The van der Waals surface area contributed by atoms with E-state index in [1.165, 1.54) is 25.1 Å². The number of aromatic nitrogens is 2. The van der Waals surface area contributed by atoms with Crippen LogP contribution in [0.3, 0.4) is 0 Å². The lowest BCUT2D eigenvalue weighted by molar-refractivity contribution is 0.184. The molecule has 2 aromatic heterocycles. The summed E-state index contributed by atoms with van der Waals surface area (Å²) in [7, 11) is 0. The fraction of sp³-hybridized carbons (Fsp3) is 0.385. The zero-order valence-electron chi connectivity index (χ0n) is 9.61. The lowest BCUT2D eigenvalue weighted by Gasteiger charge is -2.30. The van der Waals surface area contributed by atoms with Crippen LogP contribution in [0.1, 0.15) is 12.0 Å². The second kappa shape index (κ2) is 4.19. The quantitative estimate of drug-likeness (QED) is 0.816. The zero-order valence-corrected chi connectivity index (χ0v) is 9.61. The van der Waals surface area contributed by atoms with Gasteiger partial charge in [0.25, 0.3) is 0 Å². The van der Waals surface area contributed by atoms with E-state index in [0.29, 0.717) is 5.69 Å². The summed E-state index contributed by atoms with van der Waals surface area (Å²) in [6.07, 6.45) is 6.00. The Morgan fingerprint density at radius 2 is 2.35 bits per heavy atom. The Bertz CT molecular complexity index is 575. The second-order valence-corrected chi connectivity index (χ2v) is 4.46. The van der Waals surface area contributed by atoms with Crippen LogP contribution in [0.2, 0.25) is 0 Å². The number of nitrogens with zero attached hydrogens (tertiary/aromatic N) is 3. The van der Waals surface area contributed by atoms with Crippen molar-refractivity contribution >= 4 is 16.7 Å². The Kier molecular flexibility index (Phi) is 2.54. The Labute approximate surface area is 100 Å². The third-order valence-electron chi connectivity index (χ3n) is 3.38. The fourth-order valence-corrected chi connectivity index (χ4v) is 2.20. The van der Waals surface area contributed by atoms with Crippen LogP contribution >= 0.6 is 0 Å². The molecule has 0 atom stereocenters. The van der Waals surface area contributed by atoms with E-state index in [0.717, 1.165) is 24.0 Å². The van der Waals surface area contributed by atoms with Crippen molar-refractivity contribution < 1.29 is 0 Å². The van der Waals surface area contributed by atoms with E-state index < -0.39 is 0 Å². The van der Waals surface area contributed by atoms with E-state index in [-0.39, 0.29) is 0 Å². The number of likely N-dealkylation sites (tertiary alicyclic amines) is 1. The molecule has 0 amide bonds. The van der Waals surface area contributed by atoms with E-state index in [1.807, 2.05) is 12.3 Å². The smallest absolute Gasteiger partial charge is 0.205 e. The second-order valence-electron chi connectivity index (χ2n) is 4.46. The summed E-state index contributed by atoms with van der Waals surface area (Å²) in [5.74, 6) is 0. The van der Waals surface area contributed by atoms with Crippen LogP contribution in [0.4, 0.5) is 5.69 Å². The first kappa shape index (κ1) is 10.3. The average Bonchev–Trinajstić information content (AvgIpc) is 2.69. The number of H-pyrrole nitrogens is 1. The molecular weight excluding hydrogens is 212 g/mol. The van der Waals surface area contributed by atoms with Gasteiger partial charge in [-0.1, -0.05) is 0 Å². The molecule has 4 nitrogen and oxygen atoms in total. The van der Waals surface area contributed by atoms with Crippen LogP contribution in [-0.2, 0) is 6.42 Å². The van der Waals surface area contributed by atoms with E-state index >= 15 is 0 Å². The molecule has 0 aliphatic carbocycles. The number of rotatable bonds is 3. The van der Waals surface area contributed by atoms with Crippen LogP contribution in [0.5, 0.6) is 0 Å². The maximum absolute atomic E-state index is 7.02. The number of hydrogen-bond acceptors (Lipinski definition) is 2. The van der Waals surface area contributed by atoms with Crippen molar-refractivity contribution in [3.05, 3.63) is 35.4 Å². The van der Waals surface area contributed by atoms with Crippen LogP contribution in [0.25, 0.3) is 15.9 Å². The topological polar surface area (TPSA) is 36.3 Å². The van der Waals surface area contributed by atoms with Crippen molar-refractivity contribution in [3.8, 4) is 0 Å². The lowest BCUT2D eigenvalue weighted by Crippen LogP contribution is -2.38. The monoisotopic (exact) mass is 226 g/mol. The summed E-state index contributed by atoms with van der Waals surface area (Å²) in [6.45, 7) is 10.6. The fourth-order valence-electron chi connectivity index (χ4n) is 2.20. The third kappa shape index (κ3) is 1.90. The van der Waals surface area contributed by atoms with E-state index in [2.05, 4.69) is 19.7 Å². The summed E-state index contributed by atoms with van der Waals surface area (Å²) < 4.78 is 0. The first-order valence-corrected chi connectivity index (χ1v) is 5.92. The molecule has 2 aromatic rings. The molecule has 3 rings (SSSR count). The molecule has 0 unspecified atom stereocenters. The molecule has 17 heavy (non-hydrogen) atoms. The summed E-state index contributed by atoms with van der Waals surface area (Å²) in [5, 5.41) is 1.10. The Balaban J connectivity index is 1.85. The van der Waals surface area contributed by atoms with Gasteiger partial charge in [0.1, 0.15) is 5.65 Å². The molecule has 1 N–H and O–H groups in total. The maximum atomic E-state index is 7.02. The number of aromatic amines is 1. The van der Waals surface area contributed by atoms with Gasteiger partial charge in [-0.25, -0.2) is 4.85 Å². The number of pyridine rings is 1. The van der Waals surface area contributed by atoms with Gasteiger partial charge in [0.15, 0.2) is 0 Å². The molecule has 0 aromatic carbocycles. The minimum absolute atomic E-state index is 0.613. The predicted octanol–water partition coefficient (Wildman–Crippen LogP) is 2.36. The highest BCUT2D eigenvalue weighted by molar-refractivity contribution is 5.82. The van der Waals surface area contributed by atoms with Gasteiger partial charge in [-0.2, -0.15) is 0 Å². The standard InChI is InChI=1S/C13H14N4/c1-14-11-7-12-10(3-6-17-4-2-5-17)8-15-13(12)16-9-11/h7-9H,2-6H2,(H,15,16). The molecular formula is C13H14N4. The van der Waals surface area contributed by atoms with Crippen LogP contribution in [0.15, 0.2) is 18.5 Å². The minimum Gasteiger partial charge on any atom is -0.346 e. The van der Waals surface area contributed by atoms with Gasteiger partial charge in [0.2, 0.25) is 5.69 Å². The van der Waals surface area contributed by atoms with Crippen molar-refractivity contribution in [1.29, 1.82) is 0 Å². The molecule has 3 heterocycles. The third-order valence-corrected chi connectivity index (χ3v) is 3.38. The number of nitrogens with one attached hydrogen (secondary N) is 1.